The van der Waals surface area contributed by atoms with Gasteiger partial charge in [-0.3, -0.25) is 19.6 Å². The molecule has 0 atom stereocenters. The molecule has 1 aliphatic rings. The molecule has 3 amide bonds. The number of urea groups is 1. The predicted molar refractivity (Wildman–Crippen MR) is 135 cm³/mol. The summed E-state index contributed by atoms with van der Waals surface area (Å²) in [7, 11) is 0. The van der Waals surface area contributed by atoms with Crippen molar-refractivity contribution in [1.29, 1.82) is 0 Å². The first kappa shape index (κ1) is 23.9. The number of imide groups is 1. The van der Waals surface area contributed by atoms with Crippen LogP contribution >= 0.6 is 0 Å². The van der Waals surface area contributed by atoms with Gasteiger partial charge in [0.2, 0.25) is 0 Å². The van der Waals surface area contributed by atoms with Gasteiger partial charge in [0.25, 0.3) is 11.5 Å². The molecule has 7 nitrogen and oxygen atoms in total. The molecule has 1 saturated heterocycles. The van der Waals surface area contributed by atoms with E-state index in [9.17, 15) is 23.2 Å². The van der Waals surface area contributed by atoms with Crippen molar-refractivity contribution in [3.8, 4) is 16.9 Å². The Kier molecular flexibility index (Phi) is 6.04. The lowest BCUT2D eigenvalue weighted by Gasteiger charge is -2.12. The quantitative estimate of drug-likeness (QED) is 0.304. The van der Waals surface area contributed by atoms with Crippen molar-refractivity contribution in [2.24, 2.45) is 0 Å². The predicted octanol–water partition coefficient (Wildman–Crippen LogP) is 4.82. The van der Waals surface area contributed by atoms with E-state index in [2.05, 4.69) is 10.4 Å². The van der Waals surface area contributed by atoms with E-state index >= 15 is 0 Å². The number of hydrogen-bond donors (Lipinski definition) is 2. The molecule has 2 heterocycles. The Hall–Kier alpha value is -4.79. The van der Waals surface area contributed by atoms with Gasteiger partial charge in [0.05, 0.1) is 23.5 Å². The Labute approximate surface area is 210 Å². The minimum absolute atomic E-state index is 0.0185. The molecule has 5 rings (SSSR count). The van der Waals surface area contributed by atoms with Crippen molar-refractivity contribution in [2.75, 3.05) is 0 Å². The van der Waals surface area contributed by atoms with E-state index in [0.717, 1.165) is 22.1 Å². The molecule has 0 unspecified atom stereocenters. The first-order valence-electron chi connectivity index (χ1n) is 11.5. The van der Waals surface area contributed by atoms with E-state index in [1.54, 1.807) is 0 Å². The number of aromatic amines is 1. The minimum Gasteiger partial charge on any atom is -0.303 e. The summed E-state index contributed by atoms with van der Waals surface area (Å²) >= 11 is 0. The van der Waals surface area contributed by atoms with Crippen LogP contribution in [-0.4, -0.2) is 26.6 Å². The van der Waals surface area contributed by atoms with Gasteiger partial charge in [0.1, 0.15) is 17.3 Å². The summed E-state index contributed by atoms with van der Waals surface area (Å²) in [5.41, 5.74) is 3.34. The van der Waals surface area contributed by atoms with Crippen molar-refractivity contribution in [2.45, 2.75) is 20.4 Å². The Morgan fingerprint density at radius 3 is 2.41 bits per heavy atom. The number of rotatable bonds is 5. The molecular weight excluding hydrogens is 478 g/mol. The number of carbonyl (C=O) groups is 2. The van der Waals surface area contributed by atoms with E-state index in [-0.39, 0.29) is 23.4 Å². The summed E-state index contributed by atoms with van der Waals surface area (Å²) in [4.78, 5) is 40.1. The smallest absolute Gasteiger partial charge is 0.303 e. The summed E-state index contributed by atoms with van der Waals surface area (Å²) in [6.07, 6.45) is 1.32. The first-order chi connectivity index (χ1) is 17.7. The van der Waals surface area contributed by atoms with Gasteiger partial charge < -0.3 is 5.32 Å². The molecule has 1 aromatic heterocycles. The van der Waals surface area contributed by atoms with Crippen LogP contribution in [0.25, 0.3) is 23.0 Å². The fourth-order valence-corrected chi connectivity index (χ4v) is 4.24. The van der Waals surface area contributed by atoms with E-state index in [0.29, 0.717) is 23.0 Å². The average molecular weight is 501 g/mol. The fraction of sp³-hybridized carbons (Fsp3) is 0.107. The molecule has 0 saturated carbocycles. The zero-order valence-corrected chi connectivity index (χ0v) is 20.0. The van der Waals surface area contributed by atoms with Crippen LogP contribution in [0, 0.1) is 25.5 Å². The van der Waals surface area contributed by atoms with E-state index in [4.69, 9.17) is 0 Å². The molecule has 4 aromatic rings. The van der Waals surface area contributed by atoms with Crippen LogP contribution in [0.5, 0.6) is 0 Å². The maximum atomic E-state index is 14.1. The van der Waals surface area contributed by atoms with Crippen molar-refractivity contribution in [3.05, 3.63) is 117 Å². The number of hydrogen-bond acceptors (Lipinski definition) is 3. The monoisotopic (exact) mass is 500 g/mol. The highest BCUT2D eigenvalue weighted by Crippen LogP contribution is 2.26. The topological polar surface area (TPSA) is 87.2 Å². The number of aromatic nitrogens is 2. The first-order valence-corrected chi connectivity index (χ1v) is 11.5. The van der Waals surface area contributed by atoms with E-state index < -0.39 is 29.1 Å². The molecule has 37 heavy (non-hydrogen) atoms. The van der Waals surface area contributed by atoms with E-state index in [1.165, 1.54) is 16.8 Å². The Balaban J connectivity index is 1.59. The molecule has 0 bridgehead atoms. The number of benzene rings is 3. The second-order valence-electron chi connectivity index (χ2n) is 8.74. The second kappa shape index (κ2) is 9.34. The van der Waals surface area contributed by atoms with Gasteiger partial charge in [-0.05, 0) is 43.2 Å². The van der Waals surface area contributed by atoms with Crippen molar-refractivity contribution < 1.29 is 18.4 Å². The number of carbonyl (C=O) groups excluding carboxylic acids is 2. The lowest BCUT2D eigenvalue weighted by molar-refractivity contribution is -0.123. The van der Waals surface area contributed by atoms with Crippen LogP contribution in [0.4, 0.5) is 13.6 Å². The Bertz CT molecular complexity index is 1640. The summed E-state index contributed by atoms with van der Waals surface area (Å²) in [6, 6.07) is 16.9. The molecule has 186 valence electrons. The molecule has 2 N–H and O–H groups in total. The maximum Gasteiger partial charge on any atom is 0.329 e. The molecule has 3 aromatic carbocycles. The van der Waals surface area contributed by atoms with Crippen LogP contribution in [-0.2, 0) is 11.3 Å². The molecule has 1 fully saturated rings. The lowest BCUT2D eigenvalue weighted by atomic mass is 10.1. The second-order valence-corrected chi connectivity index (χ2v) is 8.74. The number of amides is 3. The molecule has 0 aliphatic carbocycles. The van der Waals surface area contributed by atoms with Crippen molar-refractivity contribution in [1.82, 2.24) is 20.0 Å². The summed E-state index contributed by atoms with van der Waals surface area (Å²) in [5.74, 6) is -2.36. The van der Waals surface area contributed by atoms with Crippen LogP contribution in [0.2, 0.25) is 0 Å². The standard InChI is InChI=1S/C28H22F2N4O3/c1-16-7-6-10-24(17(16)2)34-26(35)21(25(32-34)18-8-4-3-5-9-18)14-23-27(36)33(28(37)31-23)15-19-11-12-20(29)13-22(19)30/h3-14,32H,15H2,1-2H3,(H,31,37)/b23-14-. The van der Waals surface area contributed by atoms with Crippen LogP contribution < -0.4 is 10.9 Å². The highest BCUT2D eigenvalue weighted by Gasteiger charge is 2.35. The van der Waals surface area contributed by atoms with Gasteiger partial charge in [-0.25, -0.2) is 18.3 Å². The van der Waals surface area contributed by atoms with Gasteiger partial charge in [-0.15, -0.1) is 0 Å². The van der Waals surface area contributed by atoms with E-state index in [1.807, 2.05) is 62.4 Å². The summed E-state index contributed by atoms with van der Waals surface area (Å²) in [6.45, 7) is 3.46. The number of nitrogens with zero attached hydrogens (tertiary/aromatic N) is 2. The molecule has 1 aliphatic heterocycles. The summed E-state index contributed by atoms with van der Waals surface area (Å²) < 4.78 is 28.8. The third-order valence-electron chi connectivity index (χ3n) is 6.40. The van der Waals surface area contributed by atoms with Crippen LogP contribution in [0.15, 0.2) is 77.2 Å². The van der Waals surface area contributed by atoms with Gasteiger partial charge in [0, 0.05) is 17.2 Å². The molecular formula is C28H22F2N4O3. The Morgan fingerprint density at radius 2 is 1.68 bits per heavy atom. The zero-order valence-electron chi connectivity index (χ0n) is 20.0. The highest BCUT2D eigenvalue weighted by molar-refractivity contribution is 6.14. The third kappa shape index (κ3) is 4.35. The van der Waals surface area contributed by atoms with Gasteiger partial charge in [-0.1, -0.05) is 48.5 Å². The normalized spacial score (nSPS) is 14.5. The van der Waals surface area contributed by atoms with Crippen LogP contribution in [0.1, 0.15) is 22.3 Å². The zero-order chi connectivity index (χ0) is 26.3. The third-order valence-corrected chi connectivity index (χ3v) is 6.40. The SMILES string of the molecule is Cc1cccc(-n2[nH]c(-c3ccccc3)c(/C=C3\NC(=O)N(Cc4ccc(F)cc4F)C3=O)c2=O)c1C. The highest BCUT2D eigenvalue weighted by atomic mass is 19.1. The molecule has 0 radical (unpaired) electrons. The van der Waals surface area contributed by atoms with Gasteiger partial charge in [-0.2, -0.15) is 0 Å². The minimum atomic E-state index is -0.869. The number of H-pyrrole nitrogens is 1. The number of aryl methyl sites for hydroxylation is 1. The van der Waals surface area contributed by atoms with Crippen molar-refractivity contribution >= 4 is 18.0 Å². The number of halogens is 2. The largest absolute Gasteiger partial charge is 0.329 e. The van der Waals surface area contributed by atoms with Gasteiger partial charge >= 0.3 is 6.03 Å². The van der Waals surface area contributed by atoms with Crippen molar-refractivity contribution in [3.63, 3.8) is 0 Å². The molecule has 0 spiro atoms. The van der Waals surface area contributed by atoms with Gasteiger partial charge in [0.15, 0.2) is 0 Å². The lowest BCUT2D eigenvalue weighted by Crippen LogP contribution is -2.30. The number of nitrogens with one attached hydrogen (secondary N) is 2. The average Bonchev–Trinajstić information content (AvgIpc) is 3.34. The summed E-state index contributed by atoms with van der Waals surface area (Å²) in [5, 5.41) is 5.62. The Morgan fingerprint density at radius 1 is 0.919 bits per heavy atom. The maximum absolute atomic E-state index is 14.1. The fourth-order valence-electron chi connectivity index (χ4n) is 4.24. The van der Waals surface area contributed by atoms with Crippen LogP contribution in [0.3, 0.4) is 0 Å². The molecule has 9 heteroatoms.